The number of aliphatic hydroxyl groups excluding tert-OH is 1. The van der Waals surface area contributed by atoms with Crippen LogP contribution in [0.1, 0.15) is 24.2 Å². The van der Waals surface area contributed by atoms with Crippen molar-refractivity contribution in [1.29, 1.82) is 0 Å². The first-order valence-corrected chi connectivity index (χ1v) is 5.90. The van der Waals surface area contributed by atoms with Gasteiger partial charge in [-0.25, -0.2) is 0 Å². The van der Waals surface area contributed by atoms with Crippen LogP contribution in [-0.2, 0) is 0 Å². The normalized spacial score (nSPS) is 12.6. The fraction of sp³-hybridized carbons (Fsp3) is 0.417. The van der Waals surface area contributed by atoms with Crippen molar-refractivity contribution in [1.82, 2.24) is 0 Å². The van der Waals surface area contributed by atoms with Crippen LogP contribution in [0, 0.1) is 5.92 Å². The van der Waals surface area contributed by atoms with Gasteiger partial charge < -0.3 is 9.84 Å². The number of carbonyl (C=O) groups is 1. The summed E-state index contributed by atoms with van der Waals surface area (Å²) < 4.78 is 6.07. The Morgan fingerprint density at radius 3 is 2.75 bits per heavy atom. The zero-order chi connectivity index (χ0) is 12.1. The molecule has 0 saturated heterocycles. The van der Waals surface area contributed by atoms with Gasteiger partial charge in [-0.15, -0.1) is 0 Å². The van der Waals surface area contributed by atoms with Crippen LogP contribution in [0.2, 0.25) is 0 Å². The average molecular weight is 287 g/mol. The Bertz CT molecular complexity index is 363. The zero-order valence-electron chi connectivity index (χ0n) is 9.31. The molecule has 0 spiro atoms. The van der Waals surface area contributed by atoms with Gasteiger partial charge in [-0.2, -0.15) is 0 Å². The molecule has 0 amide bonds. The van der Waals surface area contributed by atoms with Gasteiger partial charge in [0.15, 0.2) is 6.29 Å². The van der Waals surface area contributed by atoms with Gasteiger partial charge in [0.05, 0.1) is 10.6 Å². The molecule has 1 aromatic carbocycles. The lowest BCUT2D eigenvalue weighted by atomic mass is 10.1. The molecule has 0 radical (unpaired) electrons. The van der Waals surface area contributed by atoms with Crippen LogP contribution in [-0.4, -0.2) is 24.1 Å². The molecule has 1 N–H and O–H groups in total. The molecule has 0 bridgehead atoms. The summed E-state index contributed by atoms with van der Waals surface area (Å²) in [7, 11) is 0. The molecule has 1 rings (SSSR count). The van der Waals surface area contributed by atoms with Crippen LogP contribution in [0.4, 0.5) is 0 Å². The van der Waals surface area contributed by atoms with Crippen LogP contribution in [0.3, 0.4) is 0 Å². The molecule has 4 heteroatoms. The number of carbonyl (C=O) groups excluding carboxylic acids is 1. The maximum Gasteiger partial charge on any atom is 0.151 e. The second-order valence-electron chi connectivity index (χ2n) is 3.90. The van der Waals surface area contributed by atoms with Gasteiger partial charge >= 0.3 is 0 Å². The Kier molecular flexibility index (Phi) is 4.96. The summed E-state index contributed by atoms with van der Waals surface area (Å²) >= 11 is 3.29. The van der Waals surface area contributed by atoms with Crippen LogP contribution in [0.15, 0.2) is 22.7 Å². The maximum absolute atomic E-state index is 10.7. The third kappa shape index (κ3) is 3.32. The molecule has 3 nitrogen and oxygen atoms in total. The molecule has 1 unspecified atom stereocenters. The van der Waals surface area contributed by atoms with Crippen molar-refractivity contribution in [2.45, 2.75) is 20.0 Å². The van der Waals surface area contributed by atoms with Crippen LogP contribution in [0.25, 0.3) is 0 Å². The molecule has 0 saturated carbocycles. The summed E-state index contributed by atoms with van der Waals surface area (Å²) in [5.74, 6) is 0.720. The first-order chi connectivity index (χ1) is 7.56. The van der Waals surface area contributed by atoms with E-state index in [1.807, 2.05) is 13.8 Å². The molecule has 1 aromatic rings. The average Bonchev–Trinajstić information content (AvgIpc) is 2.27. The van der Waals surface area contributed by atoms with E-state index in [1.165, 1.54) is 0 Å². The highest BCUT2D eigenvalue weighted by Gasteiger charge is 2.12. The topological polar surface area (TPSA) is 46.5 Å². The highest BCUT2D eigenvalue weighted by Crippen LogP contribution is 2.27. The van der Waals surface area contributed by atoms with Crippen molar-refractivity contribution in [2.24, 2.45) is 5.92 Å². The number of aldehydes is 1. The molecule has 0 aliphatic heterocycles. The van der Waals surface area contributed by atoms with Gasteiger partial charge in [-0.3, -0.25) is 4.79 Å². The number of hydrogen-bond donors (Lipinski definition) is 1. The number of halogens is 1. The molecule has 0 aliphatic rings. The lowest BCUT2D eigenvalue weighted by molar-refractivity contribution is 0.0698. The van der Waals surface area contributed by atoms with E-state index in [0.717, 1.165) is 6.29 Å². The molecule has 1 atom stereocenters. The predicted octanol–water partition coefficient (Wildman–Crippen LogP) is 2.66. The highest BCUT2D eigenvalue weighted by atomic mass is 79.9. The lowest BCUT2D eigenvalue weighted by Crippen LogP contribution is -2.23. The van der Waals surface area contributed by atoms with E-state index < -0.39 is 6.10 Å². The quantitative estimate of drug-likeness (QED) is 0.847. The van der Waals surface area contributed by atoms with Gasteiger partial charge in [-0.05, 0) is 27.9 Å². The van der Waals surface area contributed by atoms with Crippen LogP contribution in [0.5, 0.6) is 5.75 Å². The minimum Gasteiger partial charge on any atom is -0.490 e. The van der Waals surface area contributed by atoms with Gasteiger partial charge in [0.25, 0.3) is 0 Å². The Balaban J connectivity index is 2.71. The fourth-order valence-corrected chi connectivity index (χ4v) is 1.57. The number of benzene rings is 1. The standard InChI is InChI=1S/C12H15BrO3/c1-8(2)10(15)7-16-11-5-3-4-9(6-14)12(11)13/h3-6,8,10,15H,7H2,1-2H3. The van der Waals surface area contributed by atoms with Crippen molar-refractivity contribution in [3.8, 4) is 5.75 Å². The largest absolute Gasteiger partial charge is 0.490 e. The Morgan fingerprint density at radius 1 is 1.50 bits per heavy atom. The zero-order valence-corrected chi connectivity index (χ0v) is 10.9. The van der Waals surface area contributed by atoms with Gasteiger partial charge in [0.2, 0.25) is 0 Å². The highest BCUT2D eigenvalue weighted by molar-refractivity contribution is 9.10. The van der Waals surface area contributed by atoms with Crippen molar-refractivity contribution in [3.63, 3.8) is 0 Å². The summed E-state index contributed by atoms with van der Waals surface area (Å²) in [6, 6.07) is 5.19. The number of rotatable bonds is 5. The van der Waals surface area contributed by atoms with Gasteiger partial charge in [0.1, 0.15) is 12.4 Å². The number of aliphatic hydroxyl groups is 1. The summed E-state index contributed by atoms with van der Waals surface area (Å²) in [4.78, 5) is 10.7. The minimum atomic E-state index is -0.508. The third-order valence-corrected chi connectivity index (χ3v) is 3.15. The molecule has 88 valence electrons. The van der Waals surface area contributed by atoms with E-state index in [-0.39, 0.29) is 12.5 Å². The van der Waals surface area contributed by atoms with Crippen molar-refractivity contribution in [2.75, 3.05) is 6.61 Å². The second-order valence-corrected chi connectivity index (χ2v) is 4.69. The first-order valence-electron chi connectivity index (χ1n) is 5.10. The summed E-state index contributed by atoms with van der Waals surface area (Å²) in [5.41, 5.74) is 0.538. The summed E-state index contributed by atoms with van der Waals surface area (Å²) in [5, 5.41) is 9.60. The second kappa shape index (κ2) is 6.01. The van der Waals surface area contributed by atoms with E-state index >= 15 is 0 Å². The minimum absolute atomic E-state index is 0.146. The maximum atomic E-state index is 10.7. The Morgan fingerprint density at radius 2 is 2.19 bits per heavy atom. The van der Waals surface area contributed by atoms with Crippen molar-refractivity contribution >= 4 is 22.2 Å². The molecule has 0 aromatic heterocycles. The molecule has 0 heterocycles. The molecular weight excluding hydrogens is 272 g/mol. The monoisotopic (exact) mass is 286 g/mol. The Labute approximate surface area is 104 Å². The first kappa shape index (κ1) is 13.2. The van der Waals surface area contributed by atoms with Crippen molar-refractivity contribution in [3.05, 3.63) is 28.2 Å². The molecule has 0 aliphatic carbocycles. The smallest absolute Gasteiger partial charge is 0.151 e. The van der Waals surface area contributed by atoms with Crippen molar-refractivity contribution < 1.29 is 14.6 Å². The SMILES string of the molecule is CC(C)C(O)COc1cccc(C=O)c1Br. The molecule has 0 fully saturated rings. The van der Waals surface area contributed by atoms with Gasteiger partial charge in [-0.1, -0.05) is 26.0 Å². The predicted molar refractivity (Wildman–Crippen MR) is 65.9 cm³/mol. The number of ether oxygens (including phenoxy) is 1. The summed E-state index contributed by atoms with van der Waals surface area (Å²) in [6.07, 6.45) is 0.252. The molecular formula is C12H15BrO3. The number of hydrogen-bond acceptors (Lipinski definition) is 3. The molecule has 16 heavy (non-hydrogen) atoms. The van der Waals surface area contributed by atoms with E-state index in [4.69, 9.17) is 4.74 Å². The summed E-state index contributed by atoms with van der Waals surface area (Å²) in [6.45, 7) is 4.06. The van der Waals surface area contributed by atoms with E-state index in [2.05, 4.69) is 15.9 Å². The van der Waals surface area contributed by atoms with E-state index in [0.29, 0.717) is 15.8 Å². The van der Waals surface area contributed by atoms with E-state index in [9.17, 15) is 9.90 Å². The van der Waals surface area contributed by atoms with Gasteiger partial charge in [0, 0.05) is 5.56 Å². The Hall–Kier alpha value is -0.870. The third-order valence-electron chi connectivity index (χ3n) is 2.30. The fourth-order valence-electron chi connectivity index (χ4n) is 1.10. The van der Waals surface area contributed by atoms with Crippen LogP contribution < -0.4 is 4.74 Å². The van der Waals surface area contributed by atoms with Crippen LogP contribution >= 0.6 is 15.9 Å². The lowest BCUT2D eigenvalue weighted by Gasteiger charge is -2.16. The van der Waals surface area contributed by atoms with E-state index in [1.54, 1.807) is 18.2 Å².